The maximum atomic E-state index is 13.2. The first-order valence-corrected chi connectivity index (χ1v) is 10.0. The Morgan fingerprint density at radius 1 is 1.03 bits per heavy atom. The molecule has 2 aromatic rings. The third-order valence-corrected chi connectivity index (χ3v) is 4.94. The van der Waals surface area contributed by atoms with E-state index in [0.29, 0.717) is 23.7 Å². The number of hydrogen-bond acceptors (Lipinski definition) is 7. The topological polar surface area (TPSA) is 111 Å². The summed E-state index contributed by atoms with van der Waals surface area (Å²) in [7, 11) is 1.49. The Bertz CT molecular complexity index is 1080. The summed E-state index contributed by atoms with van der Waals surface area (Å²) in [5, 5.41) is 0. The smallest absolute Gasteiger partial charge is 0.329 e. The van der Waals surface area contributed by atoms with Crippen molar-refractivity contribution in [3.63, 3.8) is 0 Å². The van der Waals surface area contributed by atoms with E-state index in [1.54, 1.807) is 36.4 Å². The predicted molar refractivity (Wildman–Crippen MR) is 113 cm³/mol. The Balaban J connectivity index is 2.03. The number of benzene rings is 2. The van der Waals surface area contributed by atoms with E-state index in [1.807, 2.05) is 19.3 Å². The van der Waals surface area contributed by atoms with Crippen LogP contribution >= 0.6 is 0 Å². The van der Waals surface area contributed by atoms with E-state index in [1.165, 1.54) is 7.11 Å². The molecule has 2 aromatic carbocycles. The number of aryl methyl sites for hydroxylation is 1. The summed E-state index contributed by atoms with van der Waals surface area (Å²) in [6.07, 6.45) is -0.324. The summed E-state index contributed by atoms with van der Waals surface area (Å²) < 4.78 is 10.9. The molecule has 0 fully saturated rings. The fraction of sp³-hybridized carbons (Fsp3) is 0.304. The molecular formula is C23H24N2O7. The van der Waals surface area contributed by atoms with E-state index in [0.717, 1.165) is 17.4 Å². The number of ether oxygens (including phenoxy) is 2. The van der Waals surface area contributed by atoms with Crippen LogP contribution in [0, 0.1) is 6.92 Å². The van der Waals surface area contributed by atoms with Gasteiger partial charge in [0, 0.05) is 6.92 Å². The molecular weight excluding hydrogens is 416 g/mol. The van der Waals surface area contributed by atoms with Crippen LogP contribution in [0.1, 0.15) is 58.2 Å². The molecule has 32 heavy (non-hydrogen) atoms. The molecule has 0 aliphatic carbocycles. The Hall–Kier alpha value is -3.88. The average molecular weight is 440 g/mol. The molecule has 0 saturated heterocycles. The van der Waals surface area contributed by atoms with Gasteiger partial charge in [0.05, 0.1) is 37.3 Å². The Morgan fingerprint density at radius 3 is 2.41 bits per heavy atom. The normalized spacial score (nSPS) is 13.4. The molecule has 3 amide bonds. The van der Waals surface area contributed by atoms with Crippen molar-refractivity contribution in [3.05, 3.63) is 58.7 Å². The minimum absolute atomic E-state index is 0.268. The highest BCUT2D eigenvalue weighted by Crippen LogP contribution is 2.37. The molecule has 9 nitrogen and oxygen atoms in total. The van der Waals surface area contributed by atoms with E-state index in [2.05, 4.69) is 4.84 Å². The number of nitrogens with zero attached hydrogens (tertiary/aromatic N) is 1. The van der Waals surface area contributed by atoms with Gasteiger partial charge in [-0.25, -0.2) is 0 Å². The fourth-order valence-corrected chi connectivity index (χ4v) is 3.53. The zero-order valence-electron chi connectivity index (χ0n) is 18.3. The van der Waals surface area contributed by atoms with Crippen LogP contribution in [0.15, 0.2) is 36.4 Å². The Labute approximate surface area is 185 Å². The number of methoxy groups -OCH3 is 1. The second-order valence-corrected chi connectivity index (χ2v) is 7.21. The van der Waals surface area contributed by atoms with E-state index in [4.69, 9.17) is 9.47 Å². The molecule has 0 aromatic heterocycles. The van der Waals surface area contributed by atoms with Gasteiger partial charge in [-0.15, -0.1) is 0 Å². The minimum Gasteiger partial charge on any atom is -0.493 e. The zero-order valence-corrected chi connectivity index (χ0v) is 18.3. The highest BCUT2D eigenvalue weighted by Gasteiger charge is 2.41. The van der Waals surface area contributed by atoms with Crippen molar-refractivity contribution < 1.29 is 33.5 Å². The van der Waals surface area contributed by atoms with Crippen LogP contribution in [0.25, 0.3) is 0 Å². The minimum atomic E-state index is -0.969. The van der Waals surface area contributed by atoms with Gasteiger partial charge in [-0.2, -0.15) is 5.48 Å². The van der Waals surface area contributed by atoms with E-state index in [-0.39, 0.29) is 17.5 Å². The number of carbonyl (C=O) groups excluding carboxylic acids is 4. The number of imide groups is 1. The van der Waals surface area contributed by atoms with Gasteiger partial charge in [0.1, 0.15) is 0 Å². The van der Waals surface area contributed by atoms with Crippen molar-refractivity contribution in [1.82, 2.24) is 10.4 Å². The van der Waals surface area contributed by atoms with Crippen molar-refractivity contribution in [2.24, 2.45) is 0 Å². The second-order valence-electron chi connectivity index (χ2n) is 7.21. The standard InChI is InChI=1S/C23H24N2O7/c1-5-31-20-11-15(7-9-19(20)30-4)18(12-21(27)24-32-14(3)26)25-22(28)16-8-6-13(2)10-17(16)23(25)29/h6-11,18H,5,12H2,1-4H3,(H,24,27)/t18-/m1/s1. The SMILES string of the molecule is CCOc1cc([C@@H](CC(=O)NOC(C)=O)N2C(=O)c3ccc(C)cc3C2=O)ccc1OC. The second kappa shape index (κ2) is 9.51. The first-order valence-electron chi connectivity index (χ1n) is 10.0. The summed E-state index contributed by atoms with van der Waals surface area (Å²) in [5.74, 6) is -1.51. The Morgan fingerprint density at radius 2 is 1.75 bits per heavy atom. The van der Waals surface area contributed by atoms with Crippen molar-refractivity contribution >= 4 is 23.7 Å². The van der Waals surface area contributed by atoms with Gasteiger partial charge in [-0.3, -0.25) is 24.1 Å². The van der Waals surface area contributed by atoms with Crippen molar-refractivity contribution in [2.45, 2.75) is 33.2 Å². The van der Waals surface area contributed by atoms with Gasteiger partial charge < -0.3 is 14.3 Å². The molecule has 1 N–H and O–H groups in total. The third kappa shape index (κ3) is 4.56. The number of nitrogens with one attached hydrogen (secondary N) is 1. The van der Waals surface area contributed by atoms with Crippen molar-refractivity contribution in [3.8, 4) is 11.5 Å². The van der Waals surface area contributed by atoms with Crippen LogP contribution < -0.4 is 15.0 Å². The van der Waals surface area contributed by atoms with Gasteiger partial charge in [0.25, 0.3) is 17.7 Å². The summed E-state index contributed by atoms with van der Waals surface area (Å²) in [5.41, 5.74) is 3.90. The van der Waals surface area contributed by atoms with Crippen LogP contribution in [0.3, 0.4) is 0 Å². The van der Waals surface area contributed by atoms with Crippen LogP contribution in [0.2, 0.25) is 0 Å². The van der Waals surface area contributed by atoms with Gasteiger partial charge in [0.2, 0.25) is 0 Å². The van der Waals surface area contributed by atoms with Gasteiger partial charge in [-0.1, -0.05) is 17.7 Å². The molecule has 1 aliphatic heterocycles. The van der Waals surface area contributed by atoms with Crippen LogP contribution in [-0.4, -0.2) is 42.3 Å². The van der Waals surface area contributed by atoms with E-state index >= 15 is 0 Å². The van der Waals surface area contributed by atoms with Crippen molar-refractivity contribution in [2.75, 3.05) is 13.7 Å². The monoisotopic (exact) mass is 440 g/mol. The van der Waals surface area contributed by atoms with Crippen LogP contribution in [0.4, 0.5) is 0 Å². The van der Waals surface area contributed by atoms with Gasteiger partial charge in [-0.05, 0) is 43.7 Å². The molecule has 0 saturated carbocycles. The highest BCUT2D eigenvalue weighted by molar-refractivity contribution is 6.21. The zero-order chi connectivity index (χ0) is 23.4. The first kappa shape index (κ1) is 22.8. The molecule has 0 unspecified atom stereocenters. The number of carbonyl (C=O) groups is 4. The lowest BCUT2D eigenvalue weighted by molar-refractivity contribution is -0.156. The molecule has 168 valence electrons. The van der Waals surface area contributed by atoms with E-state index in [9.17, 15) is 19.2 Å². The molecule has 1 aliphatic rings. The van der Waals surface area contributed by atoms with Crippen LogP contribution in [-0.2, 0) is 14.4 Å². The molecule has 9 heteroatoms. The highest BCUT2D eigenvalue weighted by atomic mass is 16.7. The predicted octanol–water partition coefficient (Wildman–Crippen LogP) is 2.72. The molecule has 1 atom stereocenters. The average Bonchev–Trinajstić information content (AvgIpc) is 3.00. The number of fused-ring (bicyclic) bond motifs is 1. The number of rotatable bonds is 7. The van der Waals surface area contributed by atoms with Gasteiger partial charge >= 0.3 is 5.97 Å². The summed E-state index contributed by atoms with van der Waals surface area (Å²) in [6.45, 7) is 5.14. The van der Waals surface area contributed by atoms with Crippen molar-refractivity contribution in [1.29, 1.82) is 0 Å². The molecule has 0 radical (unpaired) electrons. The lowest BCUT2D eigenvalue weighted by Crippen LogP contribution is -2.38. The van der Waals surface area contributed by atoms with E-state index < -0.39 is 29.7 Å². The van der Waals surface area contributed by atoms with Crippen LogP contribution in [0.5, 0.6) is 11.5 Å². The lowest BCUT2D eigenvalue weighted by atomic mass is 10.0. The molecule has 1 heterocycles. The maximum absolute atomic E-state index is 13.2. The summed E-state index contributed by atoms with van der Waals surface area (Å²) in [4.78, 5) is 55.5. The summed E-state index contributed by atoms with van der Waals surface area (Å²) >= 11 is 0. The molecule has 0 spiro atoms. The number of hydroxylamine groups is 1. The Kier molecular flexibility index (Phi) is 6.77. The number of amides is 3. The number of hydrogen-bond donors (Lipinski definition) is 1. The fourth-order valence-electron chi connectivity index (χ4n) is 3.53. The largest absolute Gasteiger partial charge is 0.493 e. The quantitative estimate of drug-likeness (QED) is 0.520. The third-order valence-electron chi connectivity index (χ3n) is 4.94. The molecule has 3 rings (SSSR count). The lowest BCUT2D eigenvalue weighted by Gasteiger charge is -2.27. The van der Waals surface area contributed by atoms with Gasteiger partial charge in [0.15, 0.2) is 11.5 Å². The maximum Gasteiger partial charge on any atom is 0.329 e. The molecule has 0 bridgehead atoms. The summed E-state index contributed by atoms with van der Waals surface area (Å²) in [6, 6.07) is 8.94. The first-order chi connectivity index (χ1) is 15.3.